The van der Waals surface area contributed by atoms with Gasteiger partial charge in [-0.2, -0.15) is 0 Å². The average molecular weight is 396 g/mol. The summed E-state index contributed by atoms with van der Waals surface area (Å²) >= 11 is 0. The van der Waals surface area contributed by atoms with Crippen molar-refractivity contribution in [2.75, 3.05) is 11.9 Å². The normalized spacial score (nSPS) is 16.5. The fourth-order valence-electron chi connectivity index (χ4n) is 3.77. The first-order valence-electron chi connectivity index (χ1n) is 9.98. The second-order valence-electron chi connectivity index (χ2n) is 7.34. The van der Waals surface area contributed by atoms with Crippen LogP contribution in [0, 0.1) is 6.92 Å². The fraction of sp³-hybridized carbons (Fsp3) is 0.409. The Morgan fingerprint density at radius 3 is 2.59 bits per heavy atom. The molecule has 2 aromatic rings. The molecule has 152 valence electrons. The summed E-state index contributed by atoms with van der Waals surface area (Å²) in [5.41, 5.74) is 1.61. The van der Waals surface area contributed by atoms with E-state index in [0.717, 1.165) is 25.7 Å². The number of hydrogen-bond acceptors (Lipinski definition) is 6. The number of anilines is 1. The molecule has 1 amide bonds. The van der Waals surface area contributed by atoms with Crippen LogP contribution in [0.25, 0.3) is 0 Å². The molecule has 2 heterocycles. The lowest BCUT2D eigenvalue weighted by Gasteiger charge is -2.31. The minimum Gasteiger partial charge on any atom is -0.462 e. The van der Waals surface area contributed by atoms with Crippen molar-refractivity contribution >= 4 is 17.6 Å². The molecule has 29 heavy (non-hydrogen) atoms. The fourth-order valence-corrected chi connectivity index (χ4v) is 3.77. The molecule has 1 spiro atoms. The van der Waals surface area contributed by atoms with E-state index in [1.165, 1.54) is 12.5 Å². The molecule has 1 aromatic carbocycles. The number of amides is 1. The maximum absolute atomic E-state index is 12.6. The number of rotatable bonds is 4. The minimum absolute atomic E-state index is 0.219. The zero-order chi connectivity index (χ0) is 20.4. The Labute approximate surface area is 169 Å². The van der Waals surface area contributed by atoms with E-state index < -0.39 is 11.8 Å². The Bertz CT molecular complexity index is 950. The zero-order valence-corrected chi connectivity index (χ0v) is 16.6. The van der Waals surface area contributed by atoms with Crippen LogP contribution in [-0.4, -0.2) is 29.3 Å². The van der Waals surface area contributed by atoms with Crippen LogP contribution in [0.1, 0.15) is 65.6 Å². The molecule has 1 saturated carbocycles. The van der Waals surface area contributed by atoms with E-state index in [1.54, 1.807) is 32.0 Å². The van der Waals surface area contributed by atoms with E-state index in [9.17, 15) is 9.59 Å². The first-order valence-corrected chi connectivity index (χ1v) is 9.98. The highest BCUT2D eigenvalue weighted by molar-refractivity contribution is 6.03. The SMILES string of the molecule is CCOC(=O)c1ccc(C(=O)Nc2ccc3c(c2)OC2(CCCCC2)O3)nc1C. The third kappa shape index (κ3) is 3.90. The molecule has 1 fully saturated rings. The second kappa shape index (κ2) is 7.73. The van der Waals surface area contributed by atoms with Crippen LogP contribution in [0.15, 0.2) is 30.3 Å². The Morgan fingerprint density at radius 1 is 1.10 bits per heavy atom. The molecule has 1 aliphatic heterocycles. The van der Waals surface area contributed by atoms with Crippen molar-refractivity contribution in [2.24, 2.45) is 0 Å². The van der Waals surface area contributed by atoms with E-state index in [4.69, 9.17) is 14.2 Å². The molecule has 7 nitrogen and oxygen atoms in total. The van der Waals surface area contributed by atoms with Gasteiger partial charge >= 0.3 is 5.97 Å². The van der Waals surface area contributed by atoms with Gasteiger partial charge in [-0.05, 0) is 51.0 Å². The Kier molecular flexibility index (Phi) is 5.13. The lowest BCUT2D eigenvalue weighted by atomic mass is 9.94. The number of aryl methyl sites for hydroxylation is 1. The predicted molar refractivity (Wildman–Crippen MR) is 106 cm³/mol. The minimum atomic E-state index is -0.551. The van der Waals surface area contributed by atoms with Crippen molar-refractivity contribution in [3.63, 3.8) is 0 Å². The Hall–Kier alpha value is -3.09. The average Bonchev–Trinajstić information content (AvgIpc) is 3.05. The van der Waals surface area contributed by atoms with Gasteiger partial charge in [0.15, 0.2) is 11.5 Å². The second-order valence-corrected chi connectivity index (χ2v) is 7.34. The molecular formula is C22H24N2O5. The van der Waals surface area contributed by atoms with Gasteiger partial charge in [0.2, 0.25) is 0 Å². The third-order valence-corrected chi connectivity index (χ3v) is 5.22. The number of fused-ring (bicyclic) bond motifs is 1. The third-order valence-electron chi connectivity index (χ3n) is 5.22. The Morgan fingerprint density at radius 2 is 1.86 bits per heavy atom. The molecule has 0 unspecified atom stereocenters. The highest BCUT2D eigenvalue weighted by Gasteiger charge is 2.42. The quantitative estimate of drug-likeness (QED) is 0.778. The number of carbonyl (C=O) groups excluding carboxylic acids is 2. The monoisotopic (exact) mass is 396 g/mol. The summed E-state index contributed by atoms with van der Waals surface area (Å²) in [4.78, 5) is 28.7. The van der Waals surface area contributed by atoms with Gasteiger partial charge in [-0.3, -0.25) is 4.79 Å². The maximum atomic E-state index is 12.6. The van der Waals surface area contributed by atoms with Gasteiger partial charge in [-0.1, -0.05) is 6.42 Å². The van der Waals surface area contributed by atoms with Gasteiger partial charge in [0.1, 0.15) is 5.69 Å². The molecule has 1 N–H and O–H groups in total. The largest absolute Gasteiger partial charge is 0.462 e. The summed E-state index contributed by atoms with van der Waals surface area (Å²) in [7, 11) is 0. The zero-order valence-electron chi connectivity index (χ0n) is 16.6. The summed E-state index contributed by atoms with van der Waals surface area (Å²) in [6.45, 7) is 3.70. The van der Waals surface area contributed by atoms with E-state index >= 15 is 0 Å². The molecule has 1 aliphatic carbocycles. The van der Waals surface area contributed by atoms with Crippen LogP contribution in [0.3, 0.4) is 0 Å². The summed E-state index contributed by atoms with van der Waals surface area (Å²) in [6, 6.07) is 8.44. The van der Waals surface area contributed by atoms with Crippen molar-refractivity contribution in [1.82, 2.24) is 4.98 Å². The van der Waals surface area contributed by atoms with Crippen LogP contribution < -0.4 is 14.8 Å². The molecule has 4 rings (SSSR count). The first-order chi connectivity index (χ1) is 14.0. The number of esters is 1. The molecule has 0 saturated heterocycles. The van der Waals surface area contributed by atoms with Gasteiger partial charge in [0.05, 0.1) is 17.9 Å². The summed E-state index contributed by atoms with van der Waals surface area (Å²) in [5, 5.41) is 2.83. The van der Waals surface area contributed by atoms with Crippen molar-refractivity contribution in [1.29, 1.82) is 0 Å². The molecule has 0 radical (unpaired) electrons. The van der Waals surface area contributed by atoms with Crippen molar-refractivity contribution in [3.8, 4) is 11.5 Å². The van der Waals surface area contributed by atoms with E-state index in [0.29, 0.717) is 28.4 Å². The molecule has 0 bridgehead atoms. The summed E-state index contributed by atoms with van der Waals surface area (Å²) in [6.07, 6.45) is 5.13. The van der Waals surface area contributed by atoms with Crippen molar-refractivity contribution in [2.45, 2.75) is 51.7 Å². The number of benzene rings is 1. The van der Waals surface area contributed by atoms with Gasteiger partial charge < -0.3 is 19.5 Å². The van der Waals surface area contributed by atoms with Gasteiger partial charge in [0.25, 0.3) is 11.7 Å². The molecule has 7 heteroatoms. The molecule has 1 aromatic heterocycles. The summed E-state index contributed by atoms with van der Waals surface area (Å²) < 4.78 is 17.2. The molecule has 2 aliphatic rings. The van der Waals surface area contributed by atoms with E-state index in [2.05, 4.69) is 10.3 Å². The lowest BCUT2D eigenvalue weighted by molar-refractivity contribution is -0.105. The topological polar surface area (TPSA) is 86.8 Å². The number of hydrogen-bond donors (Lipinski definition) is 1. The van der Waals surface area contributed by atoms with E-state index in [-0.39, 0.29) is 18.2 Å². The molecule has 0 atom stereocenters. The molecular weight excluding hydrogens is 372 g/mol. The van der Waals surface area contributed by atoms with Crippen LogP contribution in [0.2, 0.25) is 0 Å². The van der Waals surface area contributed by atoms with Gasteiger partial charge in [-0.15, -0.1) is 0 Å². The number of nitrogens with one attached hydrogen (secondary N) is 1. The first kappa shape index (κ1) is 19.2. The van der Waals surface area contributed by atoms with Crippen LogP contribution in [0.5, 0.6) is 11.5 Å². The van der Waals surface area contributed by atoms with Crippen molar-refractivity contribution < 1.29 is 23.8 Å². The van der Waals surface area contributed by atoms with Gasteiger partial charge in [0, 0.05) is 24.6 Å². The number of pyridine rings is 1. The van der Waals surface area contributed by atoms with Gasteiger partial charge in [-0.25, -0.2) is 9.78 Å². The van der Waals surface area contributed by atoms with Crippen molar-refractivity contribution in [3.05, 3.63) is 47.3 Å². The highest BCUT2D eigenvalue weighted by atomic mass is 16.7. The number of ether oxygens (including phenoxy) is 3. The number of nitrogens with zero attached hydrogens (tertiary/aromatic N) is 1. The lowest BCUT2D eigenvalue weighted by Crippen LogP contribution is -2.40. The number of aromatic nitrogens is 1. The predicted octanol–water partition coefficient (Wildman–Crippen LogP) is 4.25. The van der Waals surface area contributed by atoms with Crippen LogP contribution >= 0.6 is 0 Å². The van der Waals surface area contributed by atoms with Crippen LogP contribution in [-0.2, 0) is 4.74 Å². The number of carbonyl (C=O) groups is 2. The smallest absolute Gasteiger partial charge is 0.339 e. The van der Waals surface area contributed by atoms with Crippen LogP contribution in [0.4, 0.5) is 5.69 Å². The van der Waals surface area contributed by atoms with E-state index in [1.807, 2.05) is 6.07 Å². The highest BCUT2D eigenvalue weighted by Crippen LogP contribution is 2.46. The summed E-state index contributed by atoms with van der Waals surface area (Å²) in [5.74, 6) is -0.0130. The Balaban J connectivity index is 1.47. The standard InChI is InChI=1S/C22H24N2O5/c1-3-27-21(26)16-8-9-17(23-14(16)2)20(25)24-15-7-10-18-19(13-15)29-22(28-18)11-5-4-6-12-22/h7-10,13H,3-6,11-12H2,1-2H3,(H,24,25). The maximum Gasteiger partial charge on any atom is 0.339 e.